The Morgan fingerprint density at radius 2 is 2.53 bits per heavy atom. The van der Waals surface area contributed by atoms with Crippen molar-refractivity contribution in [3.8, 4) is 0 Å². The van der Waals surface area contributed by atoms with Crippen LogP contribution >= 0.6 is 11.7 Å². The van der Waals surface area contributed by atoms with Crippen molar-refractivity contribution in [3.63, 3.8) is 0 Å². The molecule has 2 aromatic rings. The summed E-state index contributed by atoms with van der Waals surface area (Å²) in [4.78, 5) is 11.8. The Labute approximate surface area is 101 Å². The summed E-state index contributed by atoms with van der Waals surface area (Å²) in [6.07, 6.45) is 3.07. The van der Waals surface area contributed by atoms with E-state index < -0.39 is 0 Å². The number of hydrogen-bond acceptors (Lipinski definition) is 7. The van der Waals surface area contributed by atoms with E-state index in [4.69, 9.17) is 0 Å². The molecule has 2 rings (SSSR count). The third-order valence-electron chi connectivity index (χ3n) is 2.15. The van der Waals surface area contributed by atoms with Crippen molar-refractivity contribution >= 4 is 17.6 Å². The third kappa shape index (κ3) is 2.81. The molecule has 1 unspecified atom stereocenters. The monoisotopic (exact) mass is 253 g/mol. The lowest BCUT2D eigenvalue weighted by atomic mass is 10.1. The van der Waals surface area contributed by atoms with Crippen molar-refractivity contribution < 1.29 is 4.79 Å². The third-order valence-corrected chi connectivity index (χ3v) is 2.63. The van der Waals surface area contributed by atoms with Gasteiger partial charge in [0.05, 0.1) is 24.0 Å². The second kappa shape index (κ2) is 5.43. The molecule has 1 atom stereocenters. The number of H-pyrrole nitrogens is 1. The van der Waals surface area contributed by atoms with E-state index in [0.717, 1.165) is 24.6 Å². The number of tetrazole rings is 1. The van der Waals surface area contributed by atoms with Crippen LogP contribution in [0.3, 0.4) is 0 Å². The van der Waals surface area contributed by atoms with Gasteiger partial charge in [0, 0.05) is 0 Å². The lowest BCUT2D eigenvalue weighted by Crippen LogP contribution is -2.29. The van der Waals surface area contributed by atoms with Gasteiger partial charge in [-0.15, -0.1) is 10.2 Å². The number of carbonyl (C=O) groups is 1. The van der Waals surface area contributed by atoms with E-state index in [1.54, 1.807) is 0 Å². The molecule has 0 saturated heterocycles. The molecule has 0 aliphatic rings. The number of aromatic nitrogens is 6. The first kappa shape index (κ1) is 11.6. The molecule has 9 heteroatoms. The average Bonchev–Trinajstić information content (AvgIpc) is 3.01. The molecule has 0 bridgehead atoms. The number of carbonyl (C=O) groups excluding carboxylic acids is 1. The minimum Gasteiger partial charge on any atom is -0.340 e. The van der Waals surface area contributed by atoms with E-state index in [1.807, 2.05) is 6.92 Å². The summed E-state index contributed by atoms with van der Waals surface area (Å²) in [5.41, 5.74) is 0.305. The summed E-state index contributed by atoms with van der Waals surface area (Å²) in [6.45, 7) is 2.02. The molecule has 1 amide bonds. The molecule has 0 radical (unpaired) electrons. The average molecular weight is 253 g/mol. The van der Waals surface area contributed by atoms with Gasteiger partial charge in [0.2, 0.25) is 0 Å². The predicted molar refractivity (Wildman–Crippen MR) is 59.2 cm³/mol. The Hall–Kier alpha value is -1.90. The number of hydrogen-bond donors (Lipinski definition) is 2. The number of nitrogens with zero attached hydrogens (tertiary/aromatic N) is 5. The first-order valence-corrected chi connectivity index (χ1v) is 5.86. The summed E-state index contributed by atoms with van der Waals surface area (Å²) in [6, 6.07) is -0.257. The molecule has 0 spiro atoms. The lowest BCUT2D eigenvalue weighted by molar-refractivity contribution is 0.0928. The fraction of sp³-hybridized carbons (Fsp3) is 0.500. The van der Waals surface area contributed by atoms with Crippen LogP contribution < -0.4 is 5.32 Å². The second-order valence-corrected chi connectivity index (χ2v) is 3.93. The summed E-state index contributed by atoms with van der Waals surface area (Å²) in [5, 5.41) is 16.4. The zero-order valence-electron chi connectivity index (χ0n) is 9.12. The number of amides is 1. The van der Waals surface area contributed by atoms with E-state index in [1.165, 1.54) is 6.20 Å². The highest BCUT2D eigenvalue weighted by molar-refractivity contribution is 6.99. The Balaban J connectivity index is 2.06. The van der Waals surface area contributed by atoms with Crippen LogP contribution in [0.4, 0.5) is 0 Å². The standard InChI is InChI=1S/C8H11N7OS/c1-2-3-5(7-11-14-15-12-7)10-8(16)6-4-9-17-13-6/h4-5H,2-3H2,1H3,(H,10,16)(H,11,12,14,15). The second-order valence-electron chi connectivity index (χ2n) is 3.38. The van der Waals surface area contributed by atoms with Crippen LogP contribution in [0.15, 0.2) is 6.20 Å². The maximum absolute atomic E-state index is 11.8. The van der Waals surface area contributed by atoms with Gasteiger partial charge in [-0.3, -0.25) is 4.79 Å². The molecule has 90 valence electrons. The van der Waals surface area contributed by atoms with Gasteiger partial charge >= 0.3 is 0 Å². The summed E-state index contributed by atoms with van der Waals surface area (Å²) in [5.74, 6) is 0.199. The molecular weight excluding hydrogens is 242 g/mol. The van der Waals surface area contributed by atoms with Gasteiger partial charge in [-0.25, -0.2) is 0 Å². The van der Waals surface area contributed by atoms with Gasteiger partial charge in [0.1, 0.15) is 0 Å². The van der Waals surface area contributed by atoms with Crippen LogP contribution in [-0.2, 0) is 0 Å². The van der Waals surface area contributed by atoms with Crippen molar-refractivity contribution in [2.75, 3.05) is 0 Å². The van der Waals surface area contributed by atoms with Crippen LogP contribution in [0.1, 0.15) is 42.1 Å². The number of aromatic amines is 1. The first-order valence-electron chi connectivity index (χ1n) is 5.13. The molecule has 0 aliphatic heterocycles. The molecule has 8 nitrogen and oxygen atoms in total. The SMILES string of the molecule is CCCC(NC(=O)c1cnsn1)c1nn[nH]n1. The summed E-state index contributed by atoms with van der Waals surface area (Å²) < 4.78 is 7.64. The molecule has 0 aliphatic carbocycles. The Bertz CT molecular complexity index is 454. The van der Waals surface area contributed by atoms with Gasteiger partial charge in [0.15, 0.2) is 11.5 Å². The van der Waals surface area contributed by atoms with Crippen LogP contribution in [0.2, 0.25) is 0 Å². The quantitative estimate of drug-likeness (QED) is 0.794. The normalized spacial score (nSPS) is 12.3. The van der Waals surface area contributed by atoms with Crippen molar-refractivity contribution in [2.45, 2.75) is 25.8 Å². The van der Waals surface area contributed by atoms with Crippen LogP contribution in [0, 0.1) is 0 Å². The van der Waals surface area contributed by atoms with E-state index >= 15 is 0 Å². The number of nitrogens with one attached hydrogen (secondary N) is 2. The highest BCUT2D eigenvalue weighted by Gasteiger charge is 2.19. The molecule has 2 N–H and O–H groups in total. The van der Waals surface area contributed by atoms with Crippen molar-refractivity contribution in [2.24, 2.45) is 0 Å². The molecule has 0 saturated carbocycles. The highest BCUT2D eigenvalue weighted by atomic mass is 32.1. The Kier molecular flexibility index (Phi) is 3.70. The van der Waals surface area contributed by atoms with Gasteiger partial charge in [0.25, 0.3) is 5.91 Å². The molecule has 2 aromatic heterocycles. The number of rotatable bonds is 5. The highest BCUT2D eigenvalue weighted by Crippen LogP contribution is 2.13. The fourth-order valence-electron chi connectivity index (χ4n) is 1.37. The summed E-state index contributed by atoms with van der Waals surface area (Å²) in [7, 11) is 0. The molecular formula is C8H11N7OS. The van der Waals surface area contributed by atoms with Crippen molar-refractivity contribution in [3.05, 3.63) is 17.7 Å². The topological polar surface area (TPSA) is 109 Å². The van der Waals surface area contributed by atoms with Gasteiger partial charge < -0.3 is 5.32 Å². The molecule has 2 heterocycles. The molecule has 0 fully saturated rings. The minimum absolute atomic E-state index is 0.257. The zero-order chi connectivity index (χ0) is 12.1. The van der Waals surface area contributed by atoms with Gasteiger partial charge in [-0.05, 0) is 6.42 Å². The molecule has 0 aromatic carbocycles. The lowest BCUT2D eigenvalue weighted by Gasteiger charge is -2.12. The largest absolute Gasteiger partial charge is 0.340 e. The Morgan fingerprint density at radius 3 is 3.12 bits per heavy atom. The molecule has 17 heavy (non-hydrogen) atoms. The predicted octanol–water partition coefficient (Wildman–Crippen LogP) is 0.322. The van der Waals surface area contributed by atoms with Crippen LogP contribution in [0.25, 0.3) is 0 Å². The van der Waals surface area contributed by atoms with Crippen molar-refractivity contribution in [1.82, 2.24) is 34.7 Å². The maximum atomic E-state index is 11.8. The minimum atomic E-state index is -0.276. The van der Waals surface area contributed by atoms with E-state index in [9.17, 15) is 4.79 Å². The smallest absolute Gasteiger partial charge is 0.273 e. The fourth-order valence-corrected chi connectivity index (χ4v) is 1.78. The zero-order valence-corrected chi connectivity index (χ0v) is 9.94. The van der Waals surface area contributed by atoms with Gasteiger partial charge in [-0.2, -0.15) is 14.0 Å². The Morgan fingerprint density at radius 1 is 1.65 bits per heavy atom. The van der Waals surface area contributed by atoms with E-state index in [0.29, 0.717) is 11.5 Å². The summed E-state index contributed by atoms with van der Waals surface area (Å²) >= 11 is 0.995. The van der Waals surface area contributed by atoms with E-state index in [-0.39, 0.29) is 11.9 Å². The van der Waals surface area contributed by atoms with Crippen molar-refractivity contribution in [1.29, 1.82) is 0 Å². The maximum Gasteiger partial charge on any atom is 0.273 e. The van der Waals surface area contributed by atoms with Crippen LogP contribution in [-0.4, -0.2) is 35.3 Å². The van der Waals surface area contributed by atoms with Crippen LogP contribution in [0.5, 0.6) is 0 Å². The van der Waals surface area contributed by atoms with E-state index in [2.05, 4.69) is 34.7 Å². The van der Waals surface area contributed by atoms with Gasteiger partial charge in [-0.1, -0.05) is 18.6 Å². The first-order chi connectivity index (χ1) is 8.31.